The van der Waals surface area contributed by atoms with Crippen LogP contribution in [0.25, 0.3) is 22.3 Å². The van der Waals surface area contributed by atoms with Crippen LogP contribution in [0.3, 0.4) is 0 Å². The molecule has 0 fully saturated rings. The zero-order valence-electron chi connectivity index (χ0n) is 16.5. The topological polar surface area (TPSA) is 71.8 Å². The summed E-state index contributed by atoms with van der Waals surface area (Å²) in [5.74, 6) is 0.787. The second-order valence-corrected chi connectivity index (χ2v) is 8.16. The number of nitrogens with zero attached hydrogens (tertiary/aromatic N) is 3. The van der Waals surface area contributed by atoms with Crippen molar-refractivity contribution in [1.29, 1.82) is 0 Å². The number of fused-ring (bicyclic) bond motifs is 2. The third-order valence-electron chi connectivity index (χ3n) is 4.89. The zero-order chi connectivity index (χ0) is 19.3. The molecule has 0 aliphatic carbocycles. The Morgan fingerprint density at radius 3 is 2.67 bits per heavy atom. The second kappa shape index (κ2) is 6.08. The first-order valence-corrected chi connectivity index (χ1v) is 9.27. The molecule has 0 spiro atoms. The van der Waals surface area contributed by atoms with Crippen molar-refractivity contribution in [3.63, 3.8) is 0 Å². The number of nitrogens with one attached hydrogen (secondary N) is 2. The van der Waals surface area contributed by atoms with Gasteiger partial charge in [-0.1, -0.05) is 12.1 Å². The Morgan fingerprint density at radius 1 is 1.19 bits per heavy atom. The highest BCUT2D eigenvalue weighted by Crippen LogP contribution is 2.32. The van der Waals surface area contributed by atoms with Gasteiger partial charge in [-0.15, -0.1) is 0 Å². The maximum atomic E-state index is 12.2. The van der Waals surface area contributed by atoms with Crippen LogP contribution < -0.4 is 10.6 Å². The van der Waals surface area contributed by atoms with Gasteiger partial charge in [0, 0.05) is 36.8 Å². The second-order valence-electron chi connectivity index (χ2n) is 8.16. The highest BCUT2D eigenvalue weighted by atomic mass is 16.1. The number of amides is 1. The molecule has 0 unspecified atom stereocenters. The summed E-state index contributed by atoms with van der Waals surface area (Å²) in [5.41, 5.74) is 6.26. The minimum absolute atomic E-state index is 0.00430. The first kappa shape index (κ1) is 17.5. The molecule has 3 aromatic rings. The Balaban J connectivity index is 1.93. The number of aromatic nitrogens is 3. The maximum Gasteiger partial charge on any atom is 0.253 e. The summed E-state index contributed by atoms with van der Waals surface area (Å²) >= 11 is 0. The molecule has 2 N–H and O–H groups in total. The SMILES string of the molecule is Cc1nc2cccc(-c3cc4c(n3C)CCNC4=O)c2nc1NC(C)(C)C. The molecule has 0 bridgehead atoms. The highest BCUT2D eigenvalue weighted by Gasteiger charge is 2.24. The minimum atomic E-state index is -0.107. The van der Waals surface area contributed by atoms with Gasteiger partial charge in [-0.05, 0) is 39.8 Å². The van der Waals surface area contributed by atoms with Crippen molar-refractivity contribution in [3.8, 4) is 11.3 Å². The quantitative estimate of drug-likeness (QED) is 0.732. The molecule has 0 radical (unpaired) electrons. The molecule has 1 aliphatic heterocycles. The molecular weight excluding hydrogens is 338 g/mol. The van der Waals surface area contributed by atoms with Crippen LogP contribution >= 0.6 is 0 Å². The van der Waals surface area contributed by atoms with Crippen LogP contribution in [-0.4, -0.2) is 32.5 Å². The van der Waals surface area contributed by atoms with Gasteiger partial charge < -0.3 is 15.2 Å². The molecule has 27 heavy (non-hydrogen) atoms. The van der Waals surface area contributed by atoms with E-state index in [2.05, 4.69) is 36.0 Å². The molecule has 1 aliphatic rings. The smallest absolute Gasteiger partial charge is 0.253 e. The van der Waals surface area contributed by atoms with Crippen molar-refractivity contribution in [2.45, 2.75) is 39.7 Å². The summed E-state index contributed by atoms with van der Waals surface area (Å²) in [6.45, 7) is 8.96. The Bertz CT molecular complexity index is 1060. The third kappa shape index (κ3) is 3.05. The van der Waals surface area contributed by atoms with Crippen LogP contribution in [0.5, 0.6) is 0 Å². The molecule has 6 nitrogen and oxygen atoms in total. The van der Waals surface area contributed by atoms with E-state index in [-0.39, 0.29) is 11.4 Å². The molecule has 4 rings (SSSR count). The monoisotopic (exact) mass is 363 g/mol. The van der Waals surface area contributed by atoms with E-state index in [0.717, 1.165) is 51.5 Å². The van der Waals surface area contributed by atoms with Gasteiger partial charge in [0.05, 0.1) is 22.5 Å². The Hall–Kier alpha value is -2.89. The molecule has 0 saturated heterocycles. The first-order valence-electron chi connectivity index (χ1n) is 9.27. The van der Waals surface area contributed by atoms with E-state index in [9.17, 15) is 4.79 Å². The largest absolute Gasteiger partial charge is 0.364 e. The fraction of sp³-hybridized carbons (Fsp3) is 0.381. The van der Waals surface area contributed by atoms with Crippen molar-refractivity contribution in [2.75, 3.05) is 11.9 Å². The van der Waals surface area contributed by atoms with Gasteiger partial charge in [0.2, 0.25) is 0 Å². The van der Waals surface area contributed by atoms with E-state index in [1.165, 1.54) is 0 Å². The number of hydrogen-bond acceptors (Lipinski definition) is 4. The molecule has 1 amide bonds. The van der Waals surface area contributed by atoms with Crippen LogP contribution in [0, 0.1) is 6.92 Å². The molecule has 1 aromatic carbocycles. The van der Waals surface area contributed by atoms with Gasteiger partial charge in [0.15, 0.2) is 0 Å². The summed E-state index contributed by atoms with van der Waals surface area (Å²) in [7, 11) is 2.02. The van der Waals surface area contributed by atoms with Gasteiger partial charge in [-0.25, -0.2) is 9.97 Å². The average Bonchev–Trinajstić information content (AvgIpc) is 2.92. The van der Waals surface area contributed by atoms with Crippen molar-refractivity contribution in [2.24, 2.45) is 7.05 Å². The van der Waals surface area contributed by atoms with Crippen molar-refractivity contribution in [1.82, 2.24) is 19.9 Å². The number of carbonyl (C=O) groups excluding carboxylic acids is 1. The summed E-state index contributed by atoms with van der Waals surface area (Å²) in [4.78, 5) is 21.9. The number of aryl methyl sites for hydroxylation is 1. The van der Waals surface area contributed by atoms with E-state index in [0.29, 0.717) is 6.54 Å². The molecule has 140 valence electrons. The van der Waals surface area contributed by atoms with E-state index >= 15 is 0 Å². The molecule has 0 saturated carbocycles. The molecule has 2 aromatic heterocycles. The Labute approximate surface area is 159 Å². The highest BCUT2D eigenvalue weighted by molar-refractivity contribution is 6.00. The zero-order valence-corrected chi connectivity index (χ0v) is 16.5. The van der Waals surface area contributed by atoms with Crippen LogP contribution in [0.1, 0.15) is 42.5 Å². The lowest BCUT2D eigenvalue weighted by atomic mass is 10.1. The predicted molar refractivity (Wildman–Crippen MR) is 108 cm³/mol. The number of rotatable bonds is 2. The first-order chi connectivity index (χ1) is 12.7. The van der Waals surface area contributed by atoms with Crippen LogP contribution in [-0.2, 0) is 13.5 Å². The number of carbonyl (C=O) groups is 1. The third-order valence-corrected chi connectivity index (χ3v) is 4.89. The van der Waals surface area contributed by atoms with Crippen molar-refractivity contribution >= 4 is 22.8 Å². The van der Waals surface area contributed by atoms with Crippen LogP contribution in [0.4, 0.5) is 5.82 Å². The van der Waals surface area contributed by atoms with Crippen molar-refractivity contribution < 1.29 is 4.79 Å². The Kier molecular flexibility index (Phi) is 3.94. The van der Waals surface area contributed by atoms with E-state index in [1.807, 2.05) is 38.2 Å². The Morgan fingerprint density at radius 2 is 1.96 bits per heavy atom. The number of benzene rings is 1. The number of hydrogen-bond donors (Lipinski definition) is 2. The lowest BCUT2D eigenvalue weighted by Gasteiger charge is -2.22. The van der Waals surface area contributed by atoms with Gasteiger partial charge in [0.1, 0.15) is 11.3 Å². The average molecular weight is 363 g/mol. The molecule has 6 heteroatoms. The lowest BCUT2D eigenvalue weighted by molar-refractivity contribution is 0.0945. The van der Waals surface area contributed by atoms with E-state index in [1.54, 1.807) is 0 Å². The normalized spacial score (nSPS) is 14.2. The molecular formula is C21H25N5O. The van der Waals surface area contributed by atoms with Gasteiger partial charge in [-0.2, -0.15) is 0 Å². The predicted octanol–water partition coefficient (Wildman–Crippen LogP) is 3.44. The van der Waals surface area contributed by atoms with Gasteiger partial charge in [-0.3, -0.25) is 4.79 Å². The minimum Gasteiger partial charge on any atom is -0.364 e. The maximum absolute atomic E-state index is 12.2. The summed E-state index contributed by atoms with van der Waals surface area (Å²) in [6, 6.07) is 7.99. The van der Waals surface area contributed by atoms with Crippen molar-refractivity contribution in [3.05, 3.63) is 41.2 Å². The van der Waals surface area contributed by atoms with Gasteiger partial charge in [0.25, 0.3) is 5.91 Å². The summed E-state index contributed by atoms with van der Waals surface area (Å²) in [6.07, 6.45) is 0.837. The van der Waals surface area contributed by atoms with Crippen LogP contribution in [0.15, 0.2) is 24.3 Å². The summed E-state index contributed by atoms with van der Waals surface area (Å²) < 4.78 is 2.11. The number of anilines is 1. The fourth-order valence-electron chi connectivity index (χ4n) is 3.64. The lowest BCUT2D eigenvalue weighted by Crippen LogP contribution is -2.31. The van der Waals surface area contributed by atoms with Crippen LogP contribution in [0.2, 0.25) is 0 Å². The van der Waals surface area contributed by atoms with E-state index < -0.39 is 0 Å². The fourth-order valence-corrected chi connectivity index (χ4v) is 3.64. The molecule has 0 atom stereocenters. The molecule has 3 heterocycles. The number of para-hydroxylation sites is 1. The summed E-state index contributed by atoms with van der Waals surface area (Å²) in [5, 5.41) is 6.37. The van der Waals surface area contributed by atoms with Gasteiger partial charge >= 0.3 is 0 Å². The van der Waals surface area contributed by atoms with E-state index in [4.69, 9.17) is 9.97 Å². The standard InChI is InChI=1S/C21H25N5O/c1-12-19(25-21(2,3)4)24-18-13(7-6-8-15(18)23-12)17-11-14-16(26(17)5)9-10-22-20(14)27/h6-8,11H,9-10H2,1-5H3,(H,22,27)(H,24,25).